The van der Waals surface area contributed by atoms with Gasteiger partial charge in [0.25, 0.3) is 0 Å². The molecule has 116 valence electrons. The van der Waals surface area contributed by atoms with Crippen molar-refractivity contribution in [3.05, 3.63) is 62.0 Å². The first kappa shape index (κ1) is 16.0. The highest BCUT2D eigenvalue weighted by molar-refractivity contribution is 9.10. The zero-order valence-corrected chi connectivity index (χ0v) is 13.9. The molecule has 2 aromatic carbocycles. The molecule has 7 heteroatoms. The Morgan fingerprint density at radius 1 is 1.05 bits per heavy atom. The normalized spacial score (nSPS) is 20.6. The predicted octanol–water partition coefficient (Wildman–Crippen LogP) is 6.15. The largest absolute Gasteiger partial charge is 0.472 e. The number of rotatable bonds is 1. The first-order valence-electron chi connectivity index (χ1n) is 6.22. The van der Waals surface area contributed by atoms with Crippen molar-refractivity contribution in [2.45, 2.75) is 18.2 Å². The third-order valence-corrected chi connectivity index (χ3v) is 4.46. The number of fused-ring (bicyclic) bond motifs is 1. The fourth-order valence-corrected chi connectivity index (χ4v) is 3.48. The summed E-state index contributed by atoms with van der Waals surface area (Å²) in [6, 6.07) is 8.63. The lowest BCUT2D eigenvalue weighted by Crippen LogP contribution is -2.46. The topological polar surface area (TPSA) is 9.23 Å². The molecule has 1 nitrogen and oxygen atoms in total. The van der Waals surface area contributed by atoms with E-state index in [4.69, 9.17) is 27.9 Å². The predicted molar refractivity (Wildman–Crippen MR) is 82.7 cm³/mol. The molecule has 0 aliphatic carbocycles. The van der Waals surface area contributed by atoms with E-state index in [0.717, 1.165) is 0 Å². The average Bonchev–Trinajstić information content (AvgIpc) is 2.76. The van der Waals surface area contributed by atoms with Crippen LogP contribution in [0.25, 0.3) is 0 Å². The molecule has 1 aliphatic heterocycles. The third-order valence-electron chi connectivity index (χ3n) is 3.53. The Labute approximate surface area is 143 Å². The molecule has 0 radical (unpaired) electrons. The van der Waals surface area contributed by atoms with E-state index in [0.29, 0.717) is 10.0 Å². The van der Waals surface area contributed by atoms with Crippen molar-refractivity contribution in [3.8, 4) is 5.75 Å². The molecule has 0 spiro atoms. The van der Waals surface area contributed by atoms with Crippen LogP contribution in [0.2, 0.25) is 10.0 Å². The van der Waals surface area contributed by atoms with Crippen molar-refractivity contribution in [2.75, 3.05) is 0 Å². The van der Waals surface area contributed by atoms with Crippen LogP contribution in [0.15, 0.2) is 40.9 Å². The van der Waals surface area contributed by atoms with E-state index in [1.165, 1.54) is 24.3 Å². The molecule has 1 heterocycles. The second-order valence-corrected chi connectivity index (χ2v) is 6.80. The average molecular weight is 412 g/mol. The van der Waals surface area contributed by atoms with Gasteiger partial charge in [-0.3, -0.25) is 0 Å². The molecule has 0 amide bonds. The molecule has 0 aromatic heterocycles. The maximum Gasteiger partial charge on any atom is 0.432 e. The third kappa shape index (κ3) is 2.59. The summed E-state index contributed by atoms with van der Waals surface area (Å²) in [4.78, 5) is 0. The number of halogens is 6. The summed E-state index contributed by atoms with van der Waals surface area (Å²) in [5.41, 5.74) is -2.11. The zero-order valence-electron chi connectivity index (χ0n) is 10.8. The van der Waals surface area contributed by atoms with Gasteiger partial charge in [0.05, 0.1) is 0 Å². The lowest BCUT2D eigenvalue weighted by Gasteiger charge is -2.31. The van der Waals surface area contributed by atoms with Gasteiger partial charge in [-0.1, -0.05) is 39.1 Å². The minimum atomic E-state index is -4.62. The summed E-state index contributed by atoms with van der Waals surface area (Å²) in [6.07, 6.45) is -4.95. The molecule has 1 atom stereocenters. The van der Waals surface area contributed by atoms with Gasteiger partial charge >= 0.3 is 6.18 Å². The molecular formula is C15H8BrCl2F3O. The Hall–Kier alpha value is -0.910. The molecule has 0 N–H and O–H groups in total. The summed E-state index contributed by atoms with van der Waals surface area (Å²) < 4.78 is 47.5. The van der Waals surface area contributed by atoms with Gasteiger partial charge < -0.3 is 4.74 Å². The van der Waals surface area contributed by atoms with Crippen LogP contribution in [0.3, 0.4) is 0 Å². The summed E-state index contributed by atoms with van der Waals surface area (Å²) >= 11 is 15.0. The maximum atomic E-state index is 13.8. The summed E-state index contributed by atoms with van der Waals surface area (Å²) in [5.74, 6) is 0.205. The lowest BCUT2D eigenvalue weighted by atomic mass is 9.88. The van der Waals surface area contributed by atoms with E-state index in [9.17, 15) is 13.2 Å². The Balaban J connectivity index is 2.17. The molecule has 1 aliphatic rings. The van der Waals surface area contributed by atoms with E-state index in [1.807, 2.05) is 0 Å². The summed E-state index contributed by atoms with van der Waals surface area (Å²) in [7, 11) is 0. The molecule has 0 saturated carbocycles. The van der Waals surface area contributed by atoms with Gasteiger partial charge in [-0.05, 0) is 42.0 Å². The van der Waals surface area contributed by atoms with E-state index in [1.54, 1.807) is 12.1 Å². The Morgan fingerprint density at radius 3 is 2.27 bits per heavy atom. The standard InChI is InChI=1S/C15H8BrCl2F3O/c16-10-1-2-13-8(3-10)7-14(22-13,15(19,20)21)9-4-11(17)6-12(18)5-9/h1-6H,7H2. The van der Waals surface area contributed by atoms with Gasteiger partial charge in [0.2, 0.25) is 5.60 Å². The van der Waals surface area contributed by atoms with Crippen molar-refractivity contribution in [3.63, 3.8) is 0 Å². The summed E-state index contributed by atoms with van der Waals surface area (Å²) in [6.45, 7) is 0. The van der Waals surface area contributed by atoms with Crippen LogP contribution in [0.5, 0.6) is 5.75 Å². The molecule has 2 aromatic rings. The maximum absolute atomic E-state index is 13.8. The minimum absolute atomic E-state index is 0.107. The van der Waals surface area contributed by atoms with Gasteiger partial charge in [0.15, 0.2) is 0 Å². The number of benzene rings is 2. The number of hydrogen-bond acceptors (Lipinski definition) is 1. The second kappa shape index (κ2) is 5.32. The molecule has 0 saturated heterocycles. The fourth-order valence-electron chi connectivity index (χ4n) is 2.55. The SMILES string of the molecule is FC(F)(F)C1(c2cc(Cl)cc(Cl)c2)Cc2cc(Br)ccc2O1. The van der Waals surface area contributed by atoms with Crippen LogP contribution >= 0.6 is 39.1 Å². The highest BCUT2D eigenvalue weighted by Crippen LogP contribution is 2.51. The fraction of sp³-hybridized carbons (Fsp3) is 0.200. The van der Waals surface area contributed by atoms with E-state index in [-0.39, 0.29) is 27.8 Å². The molecule has 22 heavy (non-hydrogen) atoms. The highest BCUT2D eigenvalue weighted by atomic mass is 79.9. The van der Waals surface area contributed by atoms with Crippen LogP contribution in [-0.4, -0.2) is 6.18 Å². The quantitative estimate of drug-likeness (QED) is 0.546. The van der Waals surface area contributed by atoms with Gasteiger partial charge in [-0.25, -0.2) is 0 Å². The van der Waals surface area contributed by atoms with Crippen LogP contribution in [0, 0.1) is 0 Å². The van der Waals surface area contributed by atoms with E-state index >= 15 is 0 Å². The van der Waals surface area contributed by atoms with E-state index in [2.05, 4.69) is 15.9 Å². The number of alkyl halides is 3. The smallest absolute Gasteiger partial charge is 0.432 e. The number of ether oxygens (including phenoxy) is 1. The molecule has 0 bridgehead atoms. The monoisotopic (exact) mass is 410 g/mol. The van der Waals surface area contributed by atoms with Crippen molar-refractivity contribution < 1.29 is 17.9 Å². The van der Waals surface area contributed by atoms with Crippen molar-refractivity contribution in [1.82, 2.24) is 0 Å². The first-order valence-corrected chi connectivity index (χ1v) is 7.77. The molecular weight excluding hydrogens is 404 g/mol. The number of hydrogen-bond donors (Lipinski definition) is 0. The first-order chi connectivity index (χ1) is 10.2. The van der Waals surface area contributed by atoms with Gasteiger partial charge in [-0.15, -0.1) is 0 Å². The highest BCUT2D eigenvalue weighted by Gasteiger charge is 2.61. The molecule has 0 fully saturated rings. The van der Waals surface area contributed by atoms with Gasteiger partial charge in [0, 0.05) is 26.5 Å². The van der Waals surface area contributed by atoms with Gasteiger partial charge in [0.1, 0.15) is 5.75 Å². The Kier molecular flexibility index (Phi) is 3.86. The molecule has 3 rings (SSSR count). The molecule has 1 unspecified atom stereocenters. The zero-order chi connectivity index (χ0) is 16.1. The van der Waals surface area contributed by atoms with Crippen molar-refractivity contribution in [2.24, 2.45) is 0 Å². The van der Waals surface area contributed by atoms with Crippen molar-refractivity contribution in [1.29, 1.82) is 0 Å². The van der Waals surface area contributed by atoms with E-state index < -0.39 is 11.8 Å². The van der Waals surface area contributed by atoms with Crippen LogP contribution in [-0.2, 0) is 12.0 Å². The Bertz CT molecular complexity index is 728. The van der Waals surface area contributed by atoms with Crippen LogP contribution in [0.1, 0.15) is 11.1 Å². The summed E-state index contributed by atoms with van der Waals surface area (Å²) in [5, 5.41) is 0.263. The van der Waals surface area contributed by atoms with Crippen molar-refractivity contribution >= 4 is 39.1 Å². The lowest BCUT2D eigenvalue weighted by molar-refractivity contribution is -0.248. The minimum Gasteiger partial charge on any atom is -0.472 e. The van der Waals surface area contributed by atoms with Crippen LogP contribution < -0.4 is 4.74 Å². The Morgan fingerprint density at radius 2 is 1.68 bits per heavy atom. The van der Waals surface area contributed by atoms with Crippen LogP contribution in [0.4, 0.5) is 13.2 Å². The van der Waals surface area contributed by atoms with Gasteiger partial charge in [-0.2, -0.15) is 13.2 Å². The second-order valence-electron chi connectivity index (χ2n) is 5.01.